The molecule has 3 heteroatoms. The quantitative estimate of drug-likeness (QED) is 0.579. The first kappa shape index (κ1) is 8.18. The van der Waals surface area contributed by atoms with E-state index in [2.05, 4.69) is 0 Å². The zero-order valence-corrected chi connectivity index (χ0v) is 5.46. The molecule has 0 heterocycles. The molecule has 0 unspecified atom stereocenters. The first-order chi connectivity index (χ1) is 3.33. The van der Waals surface area contributed by atoms with Crippen LogP contribution in [0.2, 0.25) is 0 Å². The van der Waals surface area contributed by atoms with Crippen LogP contribution in [0.5, 0.6) is 0 Å². The van der Waals surface area contributed by atoms with Crippen LogP contribution in [0.15, 0.2) is 0 Å². The van der Waals surface area contributed by atoms with Crippen LogP contribution in [-0.2, 0) is 0 Å². The second-order valence-corrected chi connectivity index (χ2v) is 2.17. The van der Waals surface area contributed by atoms with Gasteiger partial charge in [0, 0.05) is 0 Å². The van der Waals surface area contributed by atoms with Crippen molar-refractivity contribution in [2.75, 3.05) is 6.54 Å². The largest absolute Gasteiger partial charge is 0.330 e. The van der Waals surface area contributed by atoms with Gasteiger partial charge in [0.15, 0.2) is 0 Å². The minimum atomic E-state index is -0.534. The number of halogens is 2. The molecule has 0 atom stereocenters. The average molecular weight is 140 g/mol. The highest BCUT2D eigenvalue weighted by Crippen LogP contribution is 2.28. The monoisotopic (exact) mass is 139 g/mol. The summed E-state index contributed by atoms with van der Waals surface area (Å²) in [6.45, 7) is 0.667. The van der Waals surface area contributed by atoms with Crippen LogP contribution < -0.4 is 5.73 Å². The second kappa shape index (κ2) is 3.25. The first-order valence-corrected chi connectivity index (χ1v) is 2.67. The van der Waals surface area contributed by atoms with Gasteiger partial charge in [-0.15, -0.1) is 12.4 Å². The Morgan fingerprint density at radius 2 is 2.00 bits per heavy atom. The predicted octanol–water partition coefficient (Wildman–Crippen LogP) is 1.12. The summed E-state index contributed by atoms with van der Waals surface area (Å²) in [6.07, 6.45) is 0.876. The van der Waals surface area contributed by atoms with E-state index in [0.29, 0.717) is 25.3 Å². The Bertz CT molecular complexity index is 63.4. The molecule has 8 heavy (non-hydrogen) atoms. The molecule has 0 bridgehead atoms. The normalized spacial score (nSPS) is 35.2. The molecular formula is C5H11ClFN. The summed E-state index contributed by atoms with van der Waals surface area (Å²) < 4.78 is 11.9. The van der Waals surface area contributed by atoms with Crippen LogP contribution in [0.4, 0.5) is 4.39 Å². The van der Waals surface area contributed by atoms with Crippen molar-refractivity contribution in [1.29, 1.82) is 0 Å². The molecule has 0 radical (unpaired) electrons. The maximum Gasteiger partial charge on any atom is 0.101 e. The lowest BCUT2D eigenvalue weighted by Gasteiger charge is -2.27. The van der Waals surface area contributed by atoms with Gasteiger partial charge in [-0.1, -0.05) is 0 Å². The van der Waals surface area contributed by atoms with Gasteiger partial charge in [-0.05, 0) is 25.3 Å². The van der Waals surface area contributed by atoms with Crippen molar-refractivity contribution in [1.82, 2.24) is 0 Å². The van der Waals surface area contributed by atoms with Gasteiger partial charge in [0.25, 0.3) is 0 Å². The molecule has 1 aliphatic carbocycles. The summed E-state index contributed by atoms with van der Waals surface area (Å²) in [7, 11) is 0. The fourth-order valence-corrected chi connectivity index (χ4v) is 0.847. The van der Waals surface area contributed by atoms with Gasteiger partial charge in [-0.3, -0.25) is 0 Å². The van der Waals surface area contributed by atoms with Gasteiger partial charge in [0.2, 0.25) is 0 Å². The average Bonchev–Trinajstić information content (AvgIpc) is 1.58. The summed E-state index contributed by atoms with van der Waals surface area (Å²) in [6, 6.07) is 0. The van der Waals surface area contributed by atoms with Crippen LogP contribution >= 0.6 is 12.4 Å². The molecule has 0 amide bonds. The minimum Gasteiger partial charge on any atom is -0.330 e. The Labute approximate surface area is 54.9 Å². The van der Waals surface area contributed by atoms with Crippen LogP contribution in [0, 0.1) is 5.92 Å². The zero-order valence-electron chi connectivity index (χ0n) is 4.64. The number of nitrogens with two attached hydrogens (primary N) is 1. The van der Waals surface area contributed by atoms with Crippen molar-refractivity contribution in [3.05, 3.63) is 0 Å². The Morgan fingerprint density at radius 3 is 2.12 bits per heavy atom. The molecular weight excluding hydrogens is 129 g/mol. The summed E-state index contributed by atoms with van der Waals surface area (Å²) in [5.41, 5.74) is 5.23. The van der Waals surface area contributed by atoms with Gasteiger partial charge in [-0.2, -0.15) is 0 Å². The molecule has 0 aromatic rings. The van der Waals surface area contributed by atoms with Gasteiger partial charge in [-0.25, -0.2) is 4.39 Å². The van der Waals surface area contributed by atoms with E-state index in [1.54, 1.807) is 0 Å². The molecule has 50 valence electrons. The molecule has 0 aromatic heterocycles. The maximum atomic E-state index is 11.9. The fraction of sp³-hybridized carbons (Fsp3) is 1.00. The number of hydrogen-bond acceptors (Lipinski definition) is 1. The fourth-order valence-electron chi connectivity index (χ4n) is 0.847. The minimum absolute atomic E-state index is 0. The Hall–Kier alpha value is 0.180. The molecule has 1 aliphatic rings. The molecule has 1 nitrogen and oxygen atoms in total. The van der Waals surface area contributed by atoms with Gasteiger partial charge in [0.05, 0.1) is 0 Å². The molecule has 0 spiro atoms. The molecule has 2 N–H and O–H groups in total. The molecule has 1 fully saturated rings. The van der Waals surface area contributed by atoms with Crippen molar-refractivity contribution < 1.29 is 4.39 Å². The molecule has 0 saturated heterocycles. The summed E-state index contributed by atoms with van der Waals surface area (Å²) in [5.74, 6) is 0.495. The SMILES string of the molecule is Cl.NCC1CC(F)C1. The van der Waals surface area contributed by atoms with Crippen molar-refractivity contribution in [3.63, 3.8) is 0 Å². The lowest BCUT2D eigenvalue weighted by Crippen LogP contribution is -2.30. The first-order valence-electron chi connectivity index (χ1n) is 2.67. The number of rotatable bonds is 1. The highest BCUT2D eigenvalue weighted by atomic mass is 35.5. The van der Waals surface area contributed by atoms with E-state index in [9.17, 15) is 4.39 Å². The lowest BCUT2D eigenvalue weighted by atomic mass is 9.84. The van der Waals surface area contributed by atoms with Gasteiger partial charge in [0.1, 0.15) is 6.17 Å². The van der Waals surface area contributed by atoms with Gasteiger partial charge >= 0.3 is 0 Å². The van der Waals surface area contributed by atoms with Gasteiger partial charge < -0.3 is 5.73 Å². The van der Waals surface area contributed by atoms with E-state index < -0.39 is 6.17 Å². The maximum absolute atomic E-state index is 11.9. The Kier molecular flexibility index (Phi) is 3.33. The third-order valence-corrected chi connectivity index (χ3v) is 1.51. The van der Waals surface area contributed by atoms with E-state index in [1.807, 2.05) is 0 Å². The smallest absolute Gasteiger partial charge is 0.101 e. The Morgan fingerprint density at radius 1 is 1.50 bits per heavy atom. The van der Waals surface area contributed by atoms with E-state index in [0.717, 1.165) is 0 Å². The number of hydrogen-bond donors (Lipinski definition) is 1. The van der Waals surface area contributed by atoms with Crippen LogP contribution in [0.25, 0.3) is 0 Å². The molecule has 1 saturated carbocycles. The zero-order chi connectivity index (χ0) is 5.28. The highest BCUT2D eigenvalue weighted by molar-refractivity contribution is 5.85. The molecule has 0 aromatic carbocycles. The third kappa shape index (κ3) is 1.60. The molecule has 0 aliphatic heterocycles. The van der Waals surface area contributed by atoms with Crippen molar-refractivity contribution >= 4 is 12.4 Å². The standard InChI is InChI=1S/C5H10FN.ClH/c6-5-1-4(2-5)3-7;/h4-5H,1-3,7H2;1H. The van der Waals surface area contributed by atoms with E-state index in [4.69, 9.17) is 5.73 Å². The highest BCUT2D eigenvalue weighted by Gasteiger charge is 2.26. The lowest BCUT2D eigenvalue weighted by molar-refractivity contribution is 0.137. The van der Waals surface area contributed by atoms with Crippen LogP contribution in [0.3, 0.4) is 0 Å². The van der Waals surface area contributed by atoms with Crippen LogP contribution in [-0.4, -0.2) is 12.7 Å². The van der Waals surface area contributed by atoms with Crippen molar-refractivity contribution in [2.45, 2.75) is 19.0 Å². The van der Waals surface area contributed by atoms with Crippen LogP contribution in [0.1, 0.15) is 12.8 Å². The second-order valence-electron chi connectivity index (χ2n) is 2.17. The Balaban J connectivity index is 0.000000490. The predicted molar refractivity (Wildman–Crippen MR) is 33.9 cm³/mol. The third-order valence-electron chi connectivity index (χ3n) is 1.51. The van der Waals surface area contributed by atoms with Crippen molar-refractivity contribution in [2.24, 2.45) is 11.7 Å². The summed E-state index contributed by atoms with van der Waals surface area (Å²) in [4.78, 5) is 0. The topological polar surface area (TPSA) is 26.0 Å². The molecule has 1 rings (SSSR count). The summed E-state index contributed by atoms with van der Waals surface area (Å²) in [5, 5.41) is 0. The number of alkyl halides is 1. The van der Waals surface area contributed by atoms with E-state index in [-0.39, 0.29) is 12.4 Å². The summed E-state index contributed by atoms with van der Waals surface area (Å²) >= 11 is 0. The van der Waals surface area contributed by atoms with E-state index >= 15 is 0 Å². The van der Waals surface area contributed by atoms with E-state index in [1.165, 1.54) is 0 Å². The van der Waals surface area contributed by atoms with Crippen molar-refractivity contribution in [3.8, 4) is 0 Å².